The molecule has 32 heavy (non-hydrogen) atoms. The number of amides is 1. The number of fused-ring (bicyclic) bond motifs is 1. The Kier molecular flexibility index (Phi) is 6.15. The number of nitrogens with zero attached hydrogens (tertiary/aromatic N) is 2. The van der Waals surface area contributed by atoms with E-state index in [0.717, 1.165) is 50.5 Å². The summed E-state index contributed by atoms with van der Waals surface area (Å²) in [6.45, 7) is 2.80. The van der Waals surface area contributed by atoms with Gasteiger partial charge in [-0.15, -0.1) is 0 Å². The van der Waals surface area contributed by atoms with Crippen molar-refractivity contribution in [1.82, 2.24) is 9.47 Å². The van der Waals surface area contributed by atoms with E-state index in [0.29, 0.717) is 10.9 Å². The number of thioether (sulfide) groups is 1. The molecule has 2 heterocycles. The SMILES string of the molecule is Cc1c(/C=C2/SC(=S)N(C3CCCCC3)C2=O)c2ccccc2n1Cc1ccccc1Cl. The van der Waals surface area contributed by atoms with Crippen LogP contribution < -0.4 is 0 Å². The topological polar surface area (TPSA) is 25.2 Å². The van der Waals surface area contributed by atoms with Crippen molar-refractivity contribution >= 4 is 62.8 Å². The summed E-state index contributed by atoms with van der Waals surface area (Å²) in [6, 6.07) is 16.6. The molecule has 1 aliphatic heterocycles. The van der Waals surface area contributed by atoms with Crippen LogP contribution in [-0.2, 0) is 11.3 Å². The van der Waals surface area contributed by atoms with Crippen LogP contribution in [0.4, 0.5) is 0 Å². The summed E-state index contributed by atoms with van der Waals surface area (Å²) < 4.78 is 2.98. The highest BCUT2D eigenvalue weighted by atomic mass is 35.5. The monoisotopic (exact) mass is 480 g/mol. The molecular weight excluding hydrogens is 456 g/mol. The van der Waals surface area contributed by atoms with E-state index in [1.807, 2.05) is 35.2 Å². The van der Waals surface area contributed by atoms with Crippen LogP contribution >= 0.6 is 35.6 Å². The van der Waals surface area contributed by atoms with Crippen LogP contribution in [0.2, 0.25) is 5.02 Å². The Balaban J connectivity index is 1.54. The minimum Gasteiger partial charge on any atom is -0.340 e. The lowest BCUT2D eigenvalue weighted by Crippen LogP contribution is -2.39. The molecule has 0 unspecified atom stereocenters. The number of para-hydroxylation sites is 1. The normalized spacial score (nSPS) is 18.9. The number of hydrogen-bond donors (Lipinski definition) is 0. The maximum atomic E-state index is 13.3. The molecular formula is C26H25ClN2OS2. The first-order chi connectivity index (χ1) is 15.5. The van der Waals surface area contributed by atoms with Crippen molar-refractivity contribution in [2.24, 2.45) is 0 Å². The van der Waals surface area contributed by atoms with E-state index in [1.54, 1.807) is 0 Å². The maximum Gasteiger partial charge on any atom is 0.266 e. The van der Waals surface area contributed by atoms with Crippen LogP contribution in [0.1, 0.15) is 48.9 Å². The van der Waals surface area contributed by atoms with E-state index in [4.69, 9.17) is 23.8 Å². The van der Waals surface area contributed by atoms with E-state index in [-0.39, 0.29) is 11.9 Å². The second-order valence-electron chi connectivity index (χ2n) is 8.54. The number of carbonyl (C=O) groups excluding carboxylic acids is 1. The zero-order valence-electron chi connectivity index (χ0n) is 18.0. The van der Waals surface area contributed by atoms with Crippen LogP contribution in [0.5, 0.6) is 0 Å². The molecule has 3 nitrogen and oxygen atoms in total. The average molecular weight is 481 g/mol. The van der Waals surface area contributed by atoms with Crippen LogP contribution in [0, 0.1) is 6.92 Å². The fourth-order valence-electron chi connectivity index (χ4n) is 4.91. The minimum atomic E-state index is 0.0641. The smallest absolute Gasteiger partial charge is 0.266 e. The maximum absolute atomic E-state index is 13.3. The molecule has 6 heteroatoms. The highest BCUT2D eigenvalue weighted by molar-refractivity contribution is 8.26. The van der Waals surface area contributed by atoms with Gasteiger partial charge in [0, 0.05) is 39.8 Å². The summed E-state index contributed by atoms with van der Waals surface area (Å²) >= 11 is 13.5. The van der Waals surface area contributed by atoms with Crippen molar-refractivity contribution in [2.45, 2.75) is 51.6 Å². The minimum absolute atomic E-state index is 0.0641. The van der Waals surface area contributed by atoms with Crippen LogP contribution in [-0.4, -0.2) is 25.7 Å². The van der Waals surface area contributed by atoms with Gasteiger partial charge in [-0.3, -0.25) is 9.69 Å². The summed E-state index contributed by atoms with van der Waals surface area (Å²) in [5, 5.41) is 1.90. The lowest BCUT2D eigenvalue weighted by molar-refractivity contribution is -0.124. The molecule has 1 saturated heterocycles. The summed E-state index contributed by atoms with van der Waals surface area (Å²) in [5.74, 6) is 0.0641. The fourth-order valence-corrected chi connectivity index (χ4v) is 6.48. The summed E-state index contributed by atoms with van der Waals surface area (Å²) in [4.78, 5) is 15.9. The lowest BCUT2D eigenvalue weighted by atomic mass is 9.94. The van der Waals surface area contributed by atoms with Crippen molar-refractivity contribution < 1.29 is 4.79 Å². The van der Waals surface area contributed by atoms with Gasteiger partial charge in [0.1, 0.15) is 4.32 Å². The molecule has 0 N–H and O–H groups in total. The van der Waals surface area contributed by atoms with E-state index in [1.165, 1.54) is 31.0 Å². The van der Waals surface area contributed by atoms with E-state index in [2.05, 4.69) is 35.8 Å². The zero-order chi connectivity index (χ0) is 22.2. The van der Waals surface area contributed by atoms with Crippen molar-refractivity contribution in [3.63, 3.8) is 0 Å². The number of carbonyl (C=O) groups is 1. The Morgan fingerprint density at radius 2 is 1.81 bits per heavy atom. The molecule has 0 spiro atoms. The number of thiocarbonyl (C=S) groups is 1. The molecule has 5 rings (SSSR count). The van der Waals surface area contributed by atoms with Gasteiger partial charge in [-0.1, -0.05) is 91.2 Å². The summed E-state index contributed by atoms with van der Waals surface area (Å²) in [5.41, 5.74) is 4.41. The second-order valence-corrected chi connectivity index (χ2v) is 10.6. The van der Waals surface area contributed by atoms with Gasteiger partial charge in [-0.05, 0) is 43.5 Å². The predicted molar refractivity (Wildman–Crippen MR) is 139 cm³/mol. The standard InChI is InChI=1S/C26H25ClN2OS2/c1-17-21(15-24-25(30)29(26(31)32-24)19-10-3-2-4-11-19)20-12-6-8-14-23(20)28(17)16-18-9-5-7-13-22(18)27/h5-9,12-15,19H,2-4,10-11,16H2,1H3/b24-15+. The van der Waals surface area contributed by atoms with Crippen LogP contribution in [0.3, 0.4) is 0 Å². The predicted octanol–water partition coefficient (Wildman–Crippen LogP) is 7.19. The molecule has 2 aromatic carbocycles. The van der Waals surface area contributed by atoms with Gasteiger partial charge < -0.3 is 4.57 Å². The number of halogens is 1. The molecule has 1 aliphatic carbocycles. The molecule has 0 atom stereocenters. The van der Waals surface area contributed by atoms with Crippen LogP contribution in [0.15, 0.2) is 53.4 Å². The molecule has 1 amide bonds. The molecule has 0 radical (unpaired) electrons. The third-order valence-electron chi connectivity index (χ3n) is 6.60. The third kappa shape index (κ3) is 3.91. The average Bonchev–Trinajstić information content (AvgIpc) is 3.23. The second kappa shape index (κ2) is 9.05. The van der Waals surface area contributed by atoms with Crippen molar-refractivity contribution in [3.8, 4) is 0 Å². The summed E-state index contributed by atoms with van der Waals surface area (Å²) in [7, 11) is 0. The van der Waals surface area contributed by atoms with Gasteiger partial charge in [0.05, 0.1) is 4.91 Å². The Morgan fingerprint density at radius 3 is 2.59 bits per heavy atom. The fraction of sp³-hybridized carbons (Fsp3) is 0.308. The van der Waals surface area contributed by atoms with E-state index in [9.17, 15) is 4.79 Å². The molecule has 2 fully saturated rings. The van der Waals surface area contributed by atoms with Gasteiger partial charge in [-0.2, -0.15) is 0 Å². The Bertz CT molecular complexity index is 1240. The number of hydrogen-bond acceptors (Lipinski definition) is 3. The van der Waals surface area contributed by atoms with Gasteiger partial charge in [0.2, 0.25) is 0 Å². The lowest BCUT2D eigenvalue weighted by Gasteiger charge is -2.29. The Hall–Kier alpha value is -2.08. The molecule has 1 aromatic heterocycles. The molecule has 0 bridgehead atoms. The van der Waals surface area contributed by atoms with E-state index >= 15 is 0 Å². The van der Waals surface area contributed by atoms with Gasteiger partial charge in [0.15, 0.2) is 0 Å². The third-order valence-corrected chi connectivity index (χ3v) is 8.30. The van der Waals surface area contributed by atoms with Crippen molar-refractivity contribution in [3.05, 3.63) is 75.3 Å². The number of benzene rings is 2. The number of rotatable bonds is 4. The molecule has 164 valence electrons. The first-order valence-corrected chi connectivity index (χ1v) is 12.7. The van der Waals surface area contributed by atoms with Gasteiger partial charge in [0.25, 0.3) is 5.91 Å². The Labute approximate surface area is 203 Å². The van der Waals surface area contributed by atoms with E-state index < -0.39 is 0 Å². The summed E-state index contributed by atoms with van der Waals surface area (Å²) in [6.07, 6.45) is 7.75. The van der Waals surface area contributed by atoms with Gasteiger partial charge >= 0.3 is 0 Å². The first-order valence-electron chi connectivity index (χ1n) is 11.1. The largest absolute Gasteiger partial charge is 0.340 e. The molecule has 3 aromatic rings. The quantitative estimate of drug-likeness (QED) is 0.292. The first kappa shape index (κ1) is 21.7. The van der Waals surface area contributed by atoms with Crippen LogP contribution in [0.25, 0.3) is 17.0 Å². The highest BCUT2D eigenvalue weighted by Crippen LogP contribution is 2.39. The highest BCUT2D eigenvalue weighted by Gasteiger charge is 2.37. The zero-order valence-corrected chi connectivity index (χ0v) is 20.4. The molecule has 1 saturated carbocycles. The molecule has 2 aliphatic rings. The van der Waals surface area contributed by atoms with Crippen molar-refractivity contribution in [1.29, 1.82) is 0 Å². The number of aromatic nitrogens is 1. The Morgan fingerprint density at radius 1 is 1.09 bits per heavy atom. The van der Waals surface area contributed by atoms with Gasteiger partial charge in [-0.25, -0.2) is 0 Å². The van der Waals surface area contributed by atoms with Crippen molar-refractivity contribution in [2.75, 3.05) is 0 Å².